The topological polar surface area (TPSA) is 294 Å². The van der Waals surface area contributed by atoms with Gasteiger partial charge in [0.15, 0.2) is 12.4 Å². The molecular weight excluding hydrogens is 521 g/mol. The maximum absolute atomic E-state index is 12.5. The average molecular weight is 551 g/mol. The molecule has 1 unspecified atom stereocenters. The van der Waals surface area contributed by atoms with Gasteiger partial charge in [-0.25, -0.2) is 4.57 Å². The maximum Gasteiger partial charge on any atom is 0.472 e. The van der Waals surface area contributed by atoms with Crippen LogP contribution in [-0.2, 0) is 42.1 Å². The Hall–Kier alpha value is -1.35. The lowest BCUT2D eigenvalue weighted by Crippen LogP contribution is -2.68. The first kappa shape index (κ1) is 30.9. The van der Waals surface area contributed by atoms with E-state index in [1.807, 2.05) is 0 Å². The van der Waals surface area contributed by atoms with E-state index in [0.29, 0.717) is 0 Å². The fourth-order valence-electron chi connectivity index (χ4n) is 3.56. The molecule has 0 radical (unpaired) electrons. The Kier molecular flexibility index (Phi) is 11.5. The molecule has 1 saturated heterocycles. The third-order valence-corrected chi connectivity index (χ3v) is 6.53. The first-order valence-corrected chi connectivity index (χ1v) is 11.9. The van der Waals surface area contributed by atoms with Crippen molar-refractivity contribution < 1.29 is 82.8 Å². The summed E-state index contributed by atoms with van der Waals surface area (Å²) in [5.74, 6) is 0. The summed E-state index contributed by atoms with van der Waals surface area (Å²) < 4.78 is 41.6. The summed E-state index contributed by atoms with van der Waals surface area (Å²) in [6, 6.07) is -1.51. The predicted molar refractivity (Wildman–Crippen MR) is 108 cm³/mol. The Morgan fingerprint density at radius 3 is 2.06 bits per heavy atom. The van der Waals surface area contributed by atoms with Gasteiger partial charge in [-0.1, -0.05) is 0 Å². The normalized spacial score (nSPS) is 41.6. The lowest BCUT2D eigenvalue weighted by molar-refractivity contribution is -0.315. The van der Waals surface area contributed by atoms with Crippen LogP contribution in [0.3, 0.4) is 0 Å². The van der Waals surface area contributed by atoms with E-state index in [2.05, 4.69) is 14.0 Å². The largest absolute Gasteiger partial charge is 0.472 e. The average Bonchev–Trinajstić information content (AvgIpc) is 2.85. The van der Waals surface area contributed by atoms with E-state index in [9.17, 15) is 54.8 Å². The molecule has 13 atom stereocenters. The molecule has 0 aromatic carbocycles. The van der Waals surface area contributed by atoms with Gasteiger partial charge in [0, 0.05) is 0 Å². The first-order valence-electron chi connectivity index (χ1n) is 10.4. The SMILES string of the molecule is N[C@H]1[C@@H](O[C@@H]2[C@@H](O)[C@H](O)[C@@H](O)[C@@H](O)[C@H]2OP(=O)(O)OC[C@@H](COC=O)OC=O)O[C@H](CO)[C@@H](O)[C@@H]1O. The van der Waals surface area contributed by atoms with Gasteiger partial charge in [0.1, 0.15) is 61.5 Å². The number of aliphatic hydroxyl groups excluding tert-OH is 7. The second-order valence-corrected chi connectivity index (χ2v) is 9.37. The highest BCUT2D eigenvalue weighted by molar-refractivity contribution is 7.47. The molecular formula is C17H30NO17P. The standard InChI is InChI=1S/C17H30NO17P/c18-8-10(23)9(22)7(1-19)33-17(8)34-15-13(26)11(24)12(25)14(27)16(15)35-36(28,29)32-3-6(31-5-21)2-30-4-20/h4-17,19,22-27H,1-3,18H2,(H,28,29)/t6-,7-,8-,9-,10-,11-,12-,13+,14-,15-,16-,17-/m1/s1. The number of phosphoric ester groups is 1. The molecule has 210 valence electrons. The summed E-state index contributed by atoms with van der Waals surface area (Å²) in [4.78, 5) is 30.9. The summed E-state index contributed by atoms with van der Waals surface area (Å²) in [5, 5.41) is 70.2. The Labute approximate surface area is 203 Å². The van der Waals surface area contributed by atoms with E-state index in [1.54, 1.807) is 0 Å². The molecule has 1 aliphatic carbocycles. The van der Waals surface area contributed by atoms with E-state index in [-0.39, 0.29) is 12.9 Å². The van der Waals surface area contributed by atoms with Crippen molar-refractivity contribution in [3.8, 4) is 0 Å². The molecule has 0 bridgehead atoms. The van der Waals surface area contributed by atoms with E-state index >= 15 is 0 Å². The maximum atomic E-state index is 12.5. The monoisotopic (exact) mass is 551 g/mol. The lowest BCUT2D eigenvalue weighted by atomic mass is 9.84. The van der Waals surface area contributed by atoms with Gasteiger partial charge in [0.05, 0.1) is 19.3 Å². The molecule has 1 heterocycles. The number of nitrogens with two attached hydrogens (primary N) is 1. The molecule has 2 aliphatic rings. The molecule has 0 amide bonds. The predicted octanol–water partition coefficient (Wildman–Crippen LogP) is -6.19. The molecule has 1 aliphatic heterocycles. The van der Waals surface area contributed by atoms with Crippen LogP contribution < -0.4 is 5.73 Å². The summed E-state index contributed by atoms with van der Waals surface area (Å²) in [6.45, 7) is -2.23. The molecule has 2 rings (SSSR count). The molecule has 0 aromatic rings. The van der Waals surface area contributed by atoms with Crippen LogP contribution in [0, 0.1) is 0 Å². The van der Waals surface area contributed by atoms with Crippen molar-refractivity contribution in [1.29, 1.82) is 0 Å². The Morgan fingerprint density at radius 1 is 0.889 bits per heavy atom. The number of carbonyl (C=O) groups excluding carboxylic acids is 2. The van der Waals surface area contributed by atoms with Gasteiger partial charge in [-0.05, 0) is 0 Å². The van der Waals surface area contributed by atoms with Gasteiger partial charge >= 0.3 is 7.82 Å². The molecule has 0 spiro atoms. The van der Waals surface area contributed by atoms with Crippen molar-refractivity contribution in [2.45, 2.75) is 73.4 Å². The van der Waals surface area contributed by atoms with Gasteiger partial charge < -0.3 is 65.3 Å². The molecule has 10 N–H and O–H groups in total. The number of phosphoric acid groups is 1. The fourth-order valence-corrected chi connectivity index (χ4v) is 4.52. The lowest BCUT2D eigenvalue weighted by Gasteiger charge is -2.47. The Bertz CT molecular complexity index is 759. The zero-order chi connectivity index (χ0) is 27.2. The number of aliphatic hydroxyl groups is 7. The van der Waals surface area contributed by atoms with Gasteiger partial charge in [0.25, 0.3) is 12.9 Å². The van der Waals surface area contributed by atoms with Crippen molar-refractivity contribution in [3.05, 3.63) is 0 Å². The van der Waals surface area contributed by atoms with Crippen LogP contribution >= 0.6 is 7.82 Å². The molecule has 18 nitrogen and oxygen atoms in total. The number of rotatable bonds is 13. The van der Waals surface area contributed by atoms with Gasteiger partial charge in [-0.15, -0.1) is 0 Å². The summed E-state index contributed by atoms with van der Waals surface area (Å²) in [6.07, 6.45) is -20.2. The number of hydrogen-bond donors (Lipinski definition) is 9. The first-order chi connectivity index (χ1) is 16.9. The van der Waals surface area contributed by atoms with Crippen molar-refractivity contribution in [1.82, 2.24) is 0 Å². The molecule has 1 saturated carbocycles. The smallest absolute Gasteiger partial charge is 0.464 e. The zero-order valence-corrected chi connectivity index (χ0v) is 19.4. The Morgan fingerprint density at radius 2 is 1.50 bits per heavy atom. The van der Waals surface area contributed by atoms with E-state index < -0.39 is 101 Å². The zero-order valence-electron chi connectivity index (χ0n) is 18.5. The van der Waals surface area contributed by atoms with Crippen LogP contribution in [0.1, 0.15) is 0 Å². The highest BCUT2D eigenvalue weighted by Gasteiger charge is 2.55. The highest BCUT2D eigenvalue weighted by atomic mass is 31.2. The van der Waals surface area contributed by atoms with E-state index in [4.69, 9.17) is 19.7 Å². The number of ether oxygens (including phenoxy) is 4. The van der Waals surface area contributed by atoms with Gasteiger partial charge in [0.2, 0.25) is 0 Å². The second-order valence-electron chi connectivity index (χ2n) is 7.97. The van der Waals surface area contributed by atoms with Crippen LogP contribution in [-0.4, -0.2) is 147 Å². The molecule has 2 fully saturated rings. The van der Waals surface area contributed by atoms with Crippen LogP contribution in [0.15, 0.2) is 0 Å². The summed E-state index contributed by atoms with van der Waals surface area (Å²) in [5.41, 5.74) is 5.76. The van der Waals surface area contributed by atoms with E-state index in [0.717, 1.165) is 0 Å². The minimum atomic E-state index is -5.21. The van der Waals surface area contributed by atoms with E-state index in [1.165, 1.54) is 0 Å². The van der Waals surface area contributed by atoms with Crippen LogP contribution in [0.5, 0.6) is 0 Å². The Balaban J connectivity index is 2.21. The number of hydrogen-bond acceptors (Lipinski definition) is 17. The van der Waals surface area contributed by atoms with Crippen LogP contribution in [0.2, 0.25) is 0 Å². The fraction of sp³-hybridized carbons (Fsp3) is 0.882. The van der Waals surface area contributed by atoms with Crippen molar-refractivity contribution in [2.24, 2.45) is 5.73 Å². The third kappa shape index (κ3) is 7.36. The van der Waals surface area contributed by atoms with Crippen LogP contribution in [0.25, 0.3) is 0 Å². The van der Waals surface area contributed by atoms with Crippen molar-refractivity contribution in [3.63, 3.8) is 0 Å². The van der Waals surface area contributed by atoms with Crippen LogP contribution in [0.4, 0.5) is 0 Å². The highest BCUT2D eigenvalue weighted by Crippen LogP contribution is 2.47. The summed E-state index contributed by atoms with van der Waals surface area (Å²) >= 11 is 0. The van der Waals surface area contributed by atoms with Gasteiger partial charge in [-0.3, -0.25) is 18.6 Å². The second kappa shape index (κ2) is 13.4. The molecule has 36 heavy (non-hydrogen) atoms. The van der Waals surface area contributed by atoms with Gasteiger partial charge in [-0.2, -0.15) is 0 Å². The third-order valence-electron chi connectivity index (χ3n) is 5.54. The molecule has 0 aromatic heterocycles. The minimum absolute atomic E-state index is 0.0138. The number of carbonyl (C=O) groups is 2. The minimum Gasteiger partial charge on any atom is -0.464 e. The molecule has 19 heteroatoms. The van der Waals surface area contributed by atoms with Crippen molar-refractivity contribution >= 4 is 20.8 Å². The summed E-state index contributed by atoms with van der Waals surface area (Å²) in [7, 11) is -5.21. The quantitative estimate of drug-likeness (QED) is 0.0759. The van der Waals surface area contributed by atoms with Crippen molar-refractivity contribution in [2.75, 3.05) is 19.8 Å².